The molecular weight excluding hydrogens is 264 g/mol. The fourth-order valence-corrected chi connectivity index (χ4v) is 2.53. The van der Waals surface area contributed by atoms with Crippen molar-refractivity contribution in [3.8, 4) is 5.75 Å². The lowest BCUT2D eigenvalue weighted by atomic mass is 10.1. The topological polar surface area (TPSA) is 41.6 Å². The number of para-hydroxylation sites is 2. The van der Waals surface area contributed by atoms with Gasteiger partial charge in [0, 0.05) is 12.6 Å². The van der Waals surface area contributed by atoms with Crippen molar-refractivity contribution in [2.45, 2.75) is 52.2 Å². The number of carbonyl (C=O) groups excluding carboxylic acids is 1. The second-order valence-corrected chi connectivity index (χ2v) is 5.63. The second kappa shape index (κ2) is 7.34. The number of fused-ring (bicyclic) bond motifs is 1. The largest absolute Gasteiger partial charge is 0.477 e. The van der Waals surface area contributed by atoms with E-state index in [1.165, 1.54) is 0 Å². The summed E-state index contributed by atoms with van der Waals surface area (Å²) >= 11 is 0. The van der Waals surface area contributed by atoms with Crippen molar-refractivity contribution in [3.63, 3.8) is 0 Å². The third-order valence-electron chi connectivity index (χ3n) is 4.07. The van der Waals surface area contributed by atoms with E-state index in [0.717, 1.165) is 37.2 Å². The quantitative estimate of drug-likeness (QED) is 0.874. The van der Waals surface area contributed by atoms with Crippen molar-refractivity contribution in [2.75, 3.05) is 18.4 Å². The first-order chi connectivity index (χ1) is 10.2. The predicted molar refractivity (Wildman–Crippen MR) is 85.7 cm³/mol. The van der Waals surface area contributed by atoms with Crippen LogP contribution in [0.3, 0.4) is 0 Å². The van der Waals surface area contributed by atoms with Crippen LogP contribution < -0.4 is 10.1 Å². The van der Waals surface area contributed by atoms with Gasteiger partial charge in [-0.05, 0) is 31.9 Å². The van der Waals surface area contributed by atoms with Crippen molar-refractivity contribution in [1.29, 1.82) is 0 Å². The third kappa shape index (κ3) is 3.69. The fraction of sp³-hybridized carbons (Fsp3) is 0.588. The van der Waals surface area contributed by atoms with Crippen LogP contribution in [0.5, 0.6) is 5.75 Å². The van der Waals surface area contributed by atoms with Gasteiger partial charge in [-0.3, -0.25) is 4.79 Å². The van der Waals surface area contributed by atoms with Crippen molar-refractivity contribution >= 4 is 11.6 Å². The van der Waals surface area contributed by atoms with E-state index in [9.17, 15) is 4.79 Å². The maximum atomic E-state index is 12.8. The molecule has 2 atom stereocenters. The minimum atomic E-state index is -0.425. The Bertz CT molecular complexity index is 476. The molecular formula is C17H26N2O2. The molecule has 0 saturated carbocycles. The first-order valence-corrected chi connectivity index (χ1v) is 7.97. The number of anilines is 1. The summed E-state index contributed by atoms with van der Waals surface area (Å²) in [5, 5.41) is 3.29. The molecule has 1 aliphatic heterocycles. The Labute approximate surface area is 127 Å². The molecule has 116 valence electrons. The average Bonchev–Trinajstić information content (AvgIpc) is 2.54. The molecule has 1 aromatic rings. The maximum absolute atomic E-state index is 12.8. The van der Waals surface area contributed by atoms with Gasteiger partial charge < -0.3 is 15.0 Å². The Morgan fingerprint density at radius 3 is 2.90 bits per heavy atom. The van der Waals surface area contributed by atoms with E-state index in [1.54, 1.807) is 0 Å². The van der Waals surface area contributed by atoms with Crippen molar-refractivity contribution < 1.29 is 9.53 Å². The smallest absolute Gasteiger partial charge is 0.265 e. The number of amides is 1. The predicted octanol–water partition coefficient (Wildman–Crippen LogP) is 3.29. The highest BCUT2D eigenvalue weighted by Gasteiger charge is 2.31. The van der Waals surface area contributed by atoms with Gasteiger partial charge in [-0.1, -0.05) is 32.4 Å². The monoisotopic (exact) mass is 290 g/mol. The van der Waals surface area contributed by atoms with Crippen molar-refractivity contribution in [3.05, 3.63) is 24.3 Å². The van der Waals surface area contributed by atoms with Crippen LogP contribution in [0.1, 0.15) is 40.0 Å². The van der Waals surface area contributed by atoms with Crippen LogP contribution in [0, 0.1) is 0 Å². The minimum Gasteiger partial charge on any atom is -0.477 e. The number of carbonyl (C=O) groups is 1. The van der Waals surface area contributed by atoms with Crippen LogP contribution in [0.2, 0.25) is 0 Å². The molecule has 4 heteroatoms. The van der Waals surface area contributed by atoms with Crippen LogP contribution >= 0.6 is 0 Å². The number of hydrogen-bond donors (Lipinski definition) is 1. The van der Waals surface area contributed by atoms with Crippen LogP contribution in [0.15, 0.2) is 24.3 Å². The average molecular weight is 290 g/mol. The molecule has 1 aliphatic rings. The van der Waals surface area contributed by atoms with Crippen LogP contribution in [0.25, 0.3) is 0 Å². The standard InChI is InChI=1S/C17H26N2O2/c1-4-6-11-19(13(3)5-2)17(20)16-12-18-14-9-7-8-10-15(14)21-16/h7-10,13,16,18H,4-6,11-12H2,1-3H3. The highest BCUT2D eigenvalue weighted by molar-refractivity contribution is 5.83. The van der Waals surface area contributed by atoms with E-state index in [4.69, 9.17) is 4.74 Å². The van der Waals surface area contributed by atoms with E-state index < -0.39 is 6.10 Å². The van der Waals surface area contributed by atoms with Gasteiger partial charge in [0.05, 0.1) is 12.2 Å². The Morgan fingerprint density at radius 2 is 2.19 bits per heavy atom. The zero-order valence-electron chi connectivity index (χ0n) is 13.3. The summed E-state index contributed by atoms with van der Waals surface area (Å²) in [7, 11) is 0. The van der Waals surface area contributed by atoms with E-state index in [0.29, 0.717) is 6.54 Å². The summed E-state index contributed by atoms with van der Waals surface area (Å²) in [4.78, 5) is 14.8. The Morgan fingerprint density at radius 1 is 1.43 bits per heavy atom. The Balaban J connectivity index is 2.07. The first kappa shape index (κ1) is 15.7. The fourth-order valence-electron chi connectivity index (χ4n) is 2.53. The summed E-state index contributed by atoms with van der Waals surface area (Å²) in [6.45, 7) is 7.72. The van der Waals surface area contributed by atoms with Gasteiger partial charge in [0.25, 0.3) is 5.91 Å². The molecule has 0 fully saturated rings. The van der Waals surface area contributed by atoms with E-state index in [-0.39, 0.29) is 11.9 Å². The molecule has 1 aromatic carbocycles. The molecule has 0 bridgehead atoms. The van der Waals surface area contributed by atoms with E-state index in [1.807, 2.05) is 29.2 Å². The van der Waals surface area contributed by atoms with Gasteiger partial charge in [-0.2, -0.15) is 0 Å². The lowest BCUT2D eigenvalue weighted by Gasteiger charge is -2.34. The van der Waals surface area contributed by atoms with Gasteiger partial charge in [0.2, 0.25) is 0 Å². The summed E-state index contributed by atoms with van der Waals surface area (Å²) in [6.07, 6.45) is 2.66. The summed E-state index contributed by atoms with van der Waals surface area (Å²) in [5.41, 5.74) is 0.963. The SMILES string of the molecule is CCCCN(C(=O)C1CNc2ccccc2O1)C(C)CC. The molecule has 2 rings (SSSR count). The molecule has 0 aromatic heterocycles. The number of nitrogens with zero attached hydrogens (tertiary/aromatic N) is 1. The molecule has 4 nitrogen and oxygen atoms in total. The van der Waals surface area contributed by atoms with Gasteiger partial charge in [0.15, 0.2) is 6.10 Å². The first-order valence-electron chi connectivity index (χ1n) is 7.97. The third-order valence-corrected chi connectivity index (χ3v) is 4.07. The number of ether oxygens (including phenoxy) is 1. The van der Waals surface area contributed by atoms with Gasteiger partial charge in [0.1, 0.15) is 5.75 Å². The second-order valence-electron chi connectivity index (χ2n) is 5.63. The number of benzene rings is 1. The van der Waals surface area contributed by atoms with Crippen LogP contribution in [0.4, 0.5) is 5.69 Å². The normalized spacial score (nSPS) is 18.1. The maximum Gasteiger partial charge on any atom is 0.265 e. The number of nitrogens with one attached hydrogen (secondary N) is 1. The van der Waals surface area contributed by atoms with Crippen molar-refractivity contribution in [1.82, 2.24) is 4.90 Å². The summed E-state index contributed by atoms with van der Waals surface area (Å²) < 4.78 is 5.90. The summed E-state index contributed by atoms with van der Waals surface area (Å²) in [6, 6.07) is 8.02. The number of hydrogen-bond acceptors (Lipinski definition) is 3. The number of rotatable bonds is 6. The molecule has 21 heavy (non-hydrogen) atoms. The highest BCUT2D eigenvalue weighted by atomic mass is 16.5. The van der Waals surface area contributed by atoms with E-state index >= 15 is 0 Å². The molecule has 1 heterocycles. The van der Waals surface area contributed by atoms with Gasteiger partial charge in [-0.25, -0.2) is 0 Å². The molecule has 2 unspecified atom stereocenters. The summed E-state index contributed by atoms with van der Waals surface area (Å²) in [5.74, 6) is 0.862. The Kier molecular flexibility index (Phi) is 5.48. The zero-order chi connectivity index (χ0) is 15.2. The molecule has 0 spiro atoms. The van der Waals surface area contributed by atoms with Gasteiger partial charge >= 0.3 is 0 Å². The van der Waals surface area contributed by atoms with Crippen molar-refractivity contribution in [2.24, 2.45) is 0 Å². The molecule has 0 aliphatic carbocycles. The minimum absolute atomic E-state index is 0.0970. The van der Waals surface area contributed by atoms with E-state index in [2.05, 4.69) is 26.1 Å². The lowest BCUT2D eigenvalue weighted by Crippen LogP contribution is -2.50. The lowest BCUT2D eigenvalue weighted by molar-refractivity contribution is -0.140. The molecule has 0 radical (unpaired) electrons. The Hall–Kier alpha value is -1.71. The number of unbranched alkanes of at least 4 members (excludes halogenated alkanes) is 1. The zero-order valence-corrected chi connectivity index (χ0v) is 13.3. The van der Waals surface area contributed by atoms with Crippen LogP contribution in [-0.2, 0) is 4.79 Å². The van der Waals surface area contributed by atoms with Crippen LogP contribution in [-0.4, -0.2) is 36.0 Å². The molecule has 1 amide bonds. The molecule has 0 saturated heterocycles. The van der Waals surface area contributed by atoms with Gasteiger partial charge in [-0.15, -0.1) is 0 Å². The molecule has 1 N–H and O–H groups in total. The highest BCUT2D eigenvalue weighted by Crippen LogP contribution is 2.29.